The van der Waals surface area contributed by atoms with Crippen molar-refractivity contribution in [3.05, 3.63) is 32.6 Å². The van der Waals surface area contributed by atoms with E-state index >= 15 is 0 Å². The predicted octanol–water partition coefficient (Wildman–Crippen LogP) is -0.513. The molecule has 1 aliphatic heterocycles. The lowest BCUT2D eigenvalue weighted by Crippen LogP contribution is -2.33. The van der Waals surface area contributed by atoms with Crippen molar-refractivity contribution in [2.75, 3.05) is 6.61 Å². The highest BCUT2D eigenvalue weighted by Gasteiger charge is 2.36. The number of aliphatic hydroxyl groups excluding tert-OH is 1. The van der Waals surface area contributed by atoms with E-state index in [-0.39, 0.29) is 6.42 Å². The highest BCUT2D eigenvalue weighted by atomic mass is 16.7. The summed E-state index contributed by atoms with van der Waals surface area (Å²) in [4.78, 5) is 25.1. The first kappa shape index (κ1) is 13.0. The van der Waals surface area contributed by atoms with E-state index in [1.165, 1.54) is 10.8 Å². The lowest BCUT2D eigenvalue weighted by atomic mass is 10.2. The van der Waals surface area contributed by atoms with Gasteiger partial charge in [0.25, 0.3) is 5.56 Å². The summed E-state index contributed by atoms with van der Waals surface area (Å²) in [6, 6.07) is 0. The average molecular weight is 256 g/mol. The van der Waals surface area contributed by atoms with E-state index in [1.54, 1.807) is 13.8 Å². The molecule has 1 saturated heterocycles. The number of aryl methyl sites for hydroxylation is 1. The third-order valence-electron chi connectivity index (χ3n) is 2.84. The molecular formula is C11H16N2O5. The van der Waals surface area contributed by atoms with Gasteiger partial charge in [-0.25, -0.2) is 4.79 Å². The van der Waals surface area contributed by atoms with Crippen LogP contribution in [0.3, 0.4) is 0 Å². The van der Waals surface area contributed by atoms with Crippen LogP contribution >= 0.6 is 0 Å². The van der Waals surface area contributed by atoms with Crippen LogP contribution in [0.15, 0.2) is 15.8 Å². The molecule has 100 valence electrons. The first-order valence-electron chi connectivity index (χ1n) is 5.80. The molecule has 0 amide bonds. The topological polar surface area (TPSA) is 93.5 Å². The summed E-state index contributed by atoms with van der Waals surface area (Å²) in [5.74, 6) is 0. The van der Waals surface area contributed by atoms with E-state index in [0.717, 1.165) is 0 Å². The van der Waals surface area contributed by atoms with Crippen molar-refractivity contribution in [3.63, 3.8) is 0 Å². The Balaban J connectivity index is 2.26. The molecule has 2 N–H and O–H groups in total. The lowest BCUT2D eigenvalue weighted by Gasteiger charge is -2.15. The Morgan fingerprint density at radius 1 is 1.61 bits per heavy atom. The normalized spacial score (nSPS) is 27.6. The largest absolute Gasteiger partial charge is 0.388 e. The van der Waals surface area contributed by atoms with Gasteiger partial charge >= 0.3 is 5.69 Å². The van der Waals surface area contributed by atoms with Crippen molar-refractivity contribution in [3.8, 4) is 0 Å². The summed E-state index contributed by atoms with van der Waals surface area (Å²) < 4.78 is 11.9. The van der Waals surface area contributed by atoms with Crippen LogP contribution in [0.2, 0.25) is 0 Å². The second kappa shape index (κ2) is 5.05. The number of ether oxygens (including phenoxy) is 2. The van der Waals surface area contributed by atoms with Crippen LogP contribution in [-0.4, -0.2) is 33.7 Å². The molecule has 0 spiro atoms. The Hall–Kier alpha value is -1.44. The van der Waals surface area contributed by atoms with Crippen molar-refractivity contribution >= 4 is 0 Å². The standard InChI is InChI=1S/C11H16N2O5/c1-3-17-10-7(14)4-8(18-10)13-5-6(2)9(15)12-11(13)16/h5,7-8,10,14H,3-4H2,1-2H3,(H,12,15,16)/t7-,8+,10-/m0/s1. The van der Waals surface area contributed by atoms with Gasteiger partial charge in [0.05, 0.1) is 0 Å². The number of hydrogen-bond donors (Lipinski definition) is 2. The first-order valence-corrected chi connectivity index (χ1v) is 5.80. The van der Waals surface area contributed by atoms with E-state index in [0.29, 0.717) is 12.2 Å². The van der Waals surface area contributed by atoms with Gasteiger partial charge in [-0.15, -0.1) is 0 Å². The number of nitrogens with one attached hydrogen (secondary N) is 1. The van der Waals surface area contributed by atoms with E-state index in [2.05, 4.69) is 4.98 Å². The maximum Gasteiger partial charge on any atom is 0.330 e. The Bertz CT molecular complexity index is 535. The lowest BCUT2D eigenvalue weighted by molar-refractivity contribution is -0.174. The first-order chi connectivity index (χ1) is 8.52. The van der Waals surface area contributed by atoms with E-state index < -0.39 is 29.9 Å². The maximum atomic E-state index is 11.7. The van der Waals surface area contributed by atoms with Gasteiger partial charge in [-0.05, 0) is 13.8 Å². The van der Waals surface area contributed by atoms with Crippen LogP contribution in [0.1, 0.15) is 25.1 Å². The van der Waals surface area contributed by atoms with Crippen LogP contribution in [0.5, 0.6) is 0 Å². The van der Waals surface area contributed by atoms with Gasteiger partial charge in [-0.3, -0.25) is 14.3 Å². The Labute approximate surface area is 103 Å². The van der Waals surface area contributed by atoms with E-state index in [1.807, 2.05) is 0 Å². The minimum atomic E-state index is -0.783. The molecule has 7 nitrogen and oxygen atoms in total. The fourth-order valence-electron chi connectivity index (χ4n) is 1.91. The summed E-state index contributed by atoms with van der Waals surface area (Å²) in [6.45, 7) is 3.80. The van der Waals surface area contributed by atoms with Crippen molar-refractivity contribution in [1.29, 1.82) is 0 Å². The monoisotopic (exact) mass is 256 g/mol. The highest BCUT2D eigenvalue weighted by molar-refractivity contribution is 5.01. The third kappa shape index (κ3) is 2.38. The average Bonchev–Trinajstić information content (AvgIpc) is 2.66. The predicted molar refractivity (Wildman–Crippen MR) is 62.2 cm³/mol. The molecule has 1 fully saturated rings. The Morgan fingerprint density at radius 2 is 2.33 bits per heavy atom. The number of aromatic nitrogens is 2. The summed E-state index contributed by atoms with van der Waals surface area (Å²) in [5, 5.41) is 9.73. The summed E-state index contributed by atoms with van der Waals surface area (Å²) in [7, 11) is 0. The fourth-order valence-corrected chi connectivity index (χ4v) is 1.91. The zero-order chi connectivity index (χ0) is 13.3. The van der Waals surface area contributed by atoms with E-state index in [9.17, 15) is 14.7 Å². The molecule has 0 unspecified atom stereocenters. The van der Waals surface area contributed by atoms with Crippen LogP contribution in [0.25, 0.3) is 0 Å². The smallest absolute Gasteiger partial charge is 0.330 e. The molecule has 1 aromatic rings. The number of hydrogen-bond acceptors (Lipinski definition) is 5. The van der Waals surface area contributed by atoms with Crippen molar-refractivity contribution in [2.45, 2.75) is 38.9 Å². The van der Waals surface area contributed by atoms with Crippen LogP contribution in [-0.2, 0) is 9.47 Å². The molecule has 2 heterocycles. The van der Waals surface area contributed by atoms with Crippen molar-refractivity contribution < 1.29 is 14.6 Å². The number of rotatable bonds is 3. The molecule has 3 atom stereocenters. The number of H-pyrrole nitrogens is 1. The van der Waals surface area contributed by atoms with Gasteiger partial charge in [0.1, 0.15) is 12.3 Å². The second-order valence-electron chi connectivity index (χ2n) is 4.20. The van der Waals surface area contributed by atoms with Crippen molar-refractivity contribution in [2.24, 2.45) is 0 Å². The molecule has 18 heavy (non-hydrogen) atoms. The van der Waals surface area contributed by atoms with Gasteiger partial charge < -0.3 is 14.6 Å². The molecule has 0 radical (unpaired) electrons. The zero-order valence-electron chi connectivity index (χ0n) is 10.3. The Morgan fingerprint density at radius 3 is 3.00 bits per heavy atom. The number of nitrogens with zero attached hydrogens (tertiary/aromatic N) is 1. The molecule has 0 bridgehead atoms. The molecule has 0 saturated carbocycles. The fraction of sp³-hybridized carbons (Fsp3) is 0.636. The highest BCUT2D eigenvalue weighted by Crippen LogP contribution is 2.28. The SMILES string of the molecule is CCO[C@H]1O[C@@H](n2cc(C)c(=O)[nH]c2=O)C[C@@H]1O. The summed E-state index contributed by atoms with van der Waals surface area (Å²) in [5.41, 5.74) is -0.566. The molecular weight excluding hydrogens is 240 g/mol. The minimum Gasteiger partial charge on any atom is -0.388 e. The van der Waals surface area contributed by atoms with Crippen LogP contribution < -0.4 is 11.2 Å². The number of aromatic amines is 1. The number of aliphatic hydroxyl groups is 1. The quantitative estimate of drug-likeness (QED) is 0.759. The van der Waals surface area contributed by atoms with E-state index in [4.69, 9.17) is 9.47 Å². The zero-order valence-corrected chi connectivity index (χ0v) is 10.3. The third-order valence-corrected chi connectivity index (χ3v) is 2.84. The molecule has 1 aliphatic rings. The van der Waals surface area contributed by atoms with Crippen LogP contribution in [0.4, 0.5) is 0 Å². The van der Waals surface area contributed by atoms with Gasteiger partial charge in [0.2, 0.25) is 0 Å². The van der Waals surface area contributed by atoms with Crippen LogP contribution in [0, 0.1) is 6.92 Å². The molecule has 2 rings (SSSR count). The Kier molecular flexibility index (Phi) is 3.65. The van der Waals surface area contributed by atoms with Gasteiger partial charge in [0.15, 0.2) is 6.29 Å². The maximum absolute atomic E-state index is 11.7. The molecule has 0 aliphatic carbocycles. The van der Waals surface area contributed by atoms with Gasteiger partial charge in [-0.1, -0.05) is 0 Å². The summed E-state index contributed by atoms with van der Waals surface area (Å²) in [6.07, 6.45) is -0.476. The van der Waals surface area contributed by atoms with Gasteiger partial charge in [-0.2, -0.15) is 0 Å². The molecule has 0 aromatic carbocycles. The minimum absolute atomic E-state index is 0.246. The second-order valence-corrected chi connectivity index (χ2v) is 4.20. The summed E-state index contributed by atoms with van der Waals surface area (Å²) >= 11 is 0. The van der Waals surface area contributed by atoms with Gasteiger partial charge in [0, 0.05) is 24.8 Å². The molecule has 1 aromatic heterocycles. The van der Waals surface area contributed by atoms with Crippen molar-refractivity contribution in [1.82, 2.24) is 9.55 Å². The molecule has 7 heteroatoms.